The van der Waals surface area contributed by atoms with Gasteiger partial charge in [-0.15, -0.1) is 0 Å². The van der Waals surface area contributed by atoms with Crippen molar-refractivity contribution in [1.29, 1.82) is 0 Å². The molecule has 1 amide bonds. The summed E-state index contributed by atoms with van der Waals surface area (Å²) >= 11 is 0. The summed E-state index contributed by atoms with van der Waals surface area (Å²) in [6.07, 6.45) is 1.79. The van der Waals surface area contributed by atoms with Crippen LogP contribution in [0.15, 0.2) is 18.2 Å². The maximum Gasteiger partial charge on any atom is 0.270 e. The predicted octanol–water partition coefficient (Wildman–Crippen LogP) is 0.923. The number of ether oxygens (including phenoxy) is 1. The van der Waals surface area contributed by atoms with Crippen LogP contribution in [-0.2, 0) is 4.74 Å². The van der Waals surface area contributed by atoms with E-state index >= 15 is 0 Å². The number of non-ortho nitro benzene ring substituents is 1. The van der Waals surface area contributed by atoms with Gasteiger partial charge in [-0.3, -0.25) is 14.9 Å². The molecular formula is C15H22N4O4. The van der Waals surface area contributed by atoms with Gasteiger partial charge >= 0.3 is 0 Å². The molecule has 1 saturated heterocycles. The second kappa shape index (κ2) is 7.38. The molecule has 1 fully saturated rings. The molecule has 1 aromatic rings. The number of carbonyl (C=O) groups is 1. The topological polar surface area (TPSA) is 120 Å². The van der Waals surface area contributed by atoms with Crippen LogP contribution >= 0.6 is 0 Å². The van der Waals surface area contributed by atoms with E-state index < -0.39 is 10.8 Å². The number of anilines is 1. The van der Waals surface area contributed by atoms with Gasteiger partial charge in [0.25, 0.3) is 11.6 Å². The lowest BCUT2D eigenvalue weighted by atomic mass is 9.79. The van der Waals surface area contributed by atoms with Crippen LogP contribution in [0.4, 0.5) is 11.4 Å². The molecule has 0 spiro atoms. The van der Waals surface area contributed by atoms with E-state index in [1.54, 1.807) is 7.11 Å². The number of rotatable bonds is 6. The number of nitro groups is 1. The van der Waals surface area contributed by atoms with Gasteiger partial charge in [0.05, 0.1) is 17.1 Å². The summed E-state index contributed by atoms with van der Waals surface area (Å²) in [5.74, 6) is -0.403. The third-order valence-corrected chi connectivity index (χ3v) is 4.23. The molecule has 8 heteroatoms. The van der Waals surface area contributed by atoms with E-state index in [-0.39, 0.29) is 22.4 Å². The lowest BCUT2D eigenvalue weighted by Crippen LogP contribution is -2.47. The van der Waals surface area contributed by atoms with Crippen LogP contribution in [-0.4, -0.2) is 44.2 Å². The van der Waals surface area contributed by atoms with Gasteiger partial charge in [-0.1, -0.05) is 0 Å². The van der Waals surface area contributed by atoms with Crippen molar-refractivity contribution in [2.75, 3.05) is 39.1 Å². The van der Waals surface area contributed by atoms with Crippen LogP contribution < -0.4 is 16.4 Å². The number of nitro benzene ring substituents is 1. The molecule has 23 heavy (non-hydrogen) atoms. The SMILES string of the molecule is COCC1(CNC(=O)c2cc([N+](=O)[O-])ccc2N)CCNCC1. The number of carbonyl (C=O) groups excluding carboxylic acids is 1. The molecule has 0 bridgehead atoms. The first kappa shape index (κ1) is 17.2. The van der Waals surface area contributed by atoms with Crippen molar-refractivity contribution in [3.05, 3.63) is 33.9 Å². The van der Waals surface area contributed by atoms with Gasteiger partial charge < -0.3 is 21.1 Å². The maximum atomic E-state index is 12.4. The van der Waals surface area contributed by atoms with E-state index in [1.165, 1.54) is 18.2 Å². The molecule has 1 aromatic carbocycles. The molecule has 0 saturated carbocycles. The van der Waals surface area contributed by atoms with Crippen molar-refractivity contribution < 1.29 is 14.5 Å². The molecule has 0 atom stereocenters. The summed E-state index contributed by atoms with van der Waals surface area (Å²) in [7, 11) is 1.64. The van der Waals surface area contributed by atoms with E-state index in [1.807, 2.05) is 0 Å². The van der Waals surface area contributed by atoms with Crippen molar-refractivity contribution in [2.45, 2.75) is 12.8 Å². The first-order chi connectivity index (χ1) is 11.0. The highest BCUT2D eigenvalue weighted by molar-refractivity contribution is 5.99. The van der Waals surface area contributed by atoms with Crippen LogP contribution in [0.3, 0.4) is 0 Å². The minimum atomic E-state index is -0.546. The van der Waals surface area contributed by atoms with Gasteiger partial charge in [0.15, 0.2) is 0 Å². The fraction of sp³-hybridized carbons (Fsp3) is 0.533. The van der Waals surface area contributed by atoms with Crippen molar-refractivity contribution in [2.24, 2.45) is 5.41 Å². The first-order valence-corrected chi connectivity index (χ1v) is 7.49. The highest BCUT2D eigenvalue weighted by Crippen LogP contribution is 2.28. The molecule has 1 aliphatic heterocycles. The van der Waals surface area contributed by atoms with E-state index in [2.05, 4.69) is 10.6 Å². The summed E-state index contributed by atoms with van der Waals surface area (Å²) in [6, 6.07) is 3.86. The minimum absolute atomic E-state index is 0.120. The number of nitrogen functional groups attached to an aromatic ring is 1. The number of methoxy groups -OCH3 is 1. The van der Waals surface area contributed by atoms with Gasteiger partial charge in [0, 0.05) is 36.9 Å². The second-order valence-corrected chi connectivity index (χ2v) is 5.89. The zero-order valence-electron chi connectivity index (χ0n) is 13.1. The van der Waals surface area contributed by atoms with Gasteiger partial charge in [0.2, 0.25) is 0 Å². The normalized spacial score (nSPS) is 16.7. The lowest BCUT2D eigenvalue weighted by Gasteiger charge is -2.37. The number of hydrogen-bond acceptors (Lipinski definition) is 6. The van der Waals surface area contributed by atoms with Gasteiger partial charge in [0.1, 0.15) is 0 Å². The Hall–Kier alpha value is -2.19. The van der Waals surface area contributed by atoms with E-state index in [0.29, 0.717) is 13.2 Å². The largest absolute Gasteiger partial charge is 0.398 e. The molecule has 8 nitrogen and oxygen atoms in total. The molecule has 0 aromatic heterocycles. The van der Waals surface area contributed by atoms with E-state index in [4.69, 9.17) is 10.5 Å². The molecule has 1 heterocycles. The molecule has 2 rings (SSSR count). The smallest absolute Gasteiger partial charge is 0.270 e. The molecule has 1 aliphatic rings. The fourth-order valence-electron chi connectivity index (χ4n) is 2.85. The zero-order chi connectivity index (χ0) is 16.9. The van der Waals surface area contributed by atoms with Crippen LogP contribution in [0.1, 0.15) is 23.2 Å². The highest BCUT2D eigenvalue weighted by Gasteiger charge is 2.32. The zero-order valence-corrected chi connectivity index (χ0v) is 13.1. The van der Waals surface area contributed by atoms with Crippen LogP contribution in [0.5, 0.6) is 0 Å². The van der Waals surface area contributed by atoms with Crippen molar-refractivity contribution in [3.63, 3.8) is 0 Å². The maximum absolute atomic E-state index is 12.4. The average Bonchev–Trinajstić information content (AvgIpc) is 2.54. The Morgan fingerprint density at radius 1 is 1.48 bits per heavy atom. The summed E-state index contributed by atoms with van der Waals surface area (Å²) in [6.45, 7) is 2.75. The Balaban J connectivity index is 2.09. The standard InChI is InChI=1S/C15H22N4O4/c1-23-10-15(4-6-17-7-5-15)9-18-14(20)12-8-11(19(21)22)2-3-13(12)16/h2-3,8,17H,4-7,9-10,16H2,1H3,(H,18,20). The number of nitrogens with one attached hydrogen (secondary N) is 2. The van der Waals surface area contributed by atoms with Crippen LogP contribution in [0, 0.1) is 15.5 Å². The van der Waals surface area contributed by atoms with Gasteiger partial charge in [-0.25, -0.2) is 0 Å². The van der Waals surface area contributed by atoms with Crippen molar-refractivity contribution in [1.82, 2.24) is 10.6 Å². The van der Waals surface area contributed by atoms with Gasteiger partial charge in [-0.2, -0.15) is 0 Å². The number of amides is 1. The molecule has 0 radical (unpaired) electrons. The average molecular weight is 322 g/mol. The predicted molar refractivity (Wildman–Crippen MR) is 86.3 cm³/mol. The summed E-state index contributed by atoms with van der Waals surface area (Å²) in [5, 5.41) is 17.0. The number of benzene rings is 1. The van der Waals surface area contributed by atoms with Crippen molar-refractivity contribution >= 4 is 17.3 Å². The van der Waals surface area contributed by atoms with Gasteiger partial charge in [-0.05, 0) is 32.0 Å². The molecule has 0 unspecified atom stereocenters. The second-order valence-electron chi connectivity index (χ2n) is 5.89. The summed E-state index contributed by atoms with van der Waals surface area (Å²) in [5.41, 5.74) is 5.85. The monoisotopic (exact) mass is 322 g/mol. The Morgan fingerprint density at radius 3 is 2.78 bits per heavy atom. The number of nitrogens with zero attached hydrogens (tertiary/aromatic N) is 1. The van der Waals surface area contributed by atoms with E-state index in [9.17, 15) is 14.9 Å². The number of hydrogen-bond donors (Lipinski definition) is 3. The van der Waals surface area contributed by atoms with Crippen LogP contribution in [0.2, 0.25) is 0 Å². The van der Waals surface area contributed by atoms with E-state index in [0.717, 1.165) is 25.9 Å². The summed E-state index contributed by atoms with van der Waals surface area (Å²) in [4.78, 5) is 22.7. The Kier molecular flexibility index (Phi) is 5.51. The number of nitrogens with two attached hydrogens (primary N) is 1. The third-order valence-electron chi connectivity index (χ3n) is 4.23. The highest BCUT2D eigenvalue weighted by atomic mass is 16.6. The Labute approximate surface area is 134 Å². The van der Waals surface area contributed by atoms with Crippen molar-refractivity contribution in [3.8, 4) is 0 Å². The lowest BCUT2D eigenvalue weighted by molar-refractivity contribution is -0.384. The molecule has 126 valence electrons. The molecule has 4 N–H and O–H groups in total. The summed E-state index contributed by atoms with van der Waals surface area (Å²) < 4.78 is 5.30. The quantitative estimate of drug-likeness (QED) is 0.407. The minimum Gasteiger partial charge on any atom is -0.398 e. The first-order valence-electron chi connectivity index (χ1n) is 7.49. The molecule has 0 aliphatic carbocycles. The Morgan fingerprint density at radius 2 is 2.17 bits per heavy atom. The number of piperidine rings is 1. The molecular weight excluding hydrogens is 300 g/mol. The Bertz CT molecular complexity index is 579. The fourth-order valence-corrected chi connectivity index (χ4v) is 2.85. The van der Waals surface area contributed by atoms with Crippen LogP contribution in [0.25, 0.3) is 0 Å². The third kappa shape index (κ3) is 4.17.